The van der Waals surface area contributed by atoms with Crippen molar-refractivity contribution in [3.63, 3.8) is 0 Å². The average Bonchev–Trinajstić information content (AvgIpc) is 2.56. The standard InChI is InChI=1S/C12H21N3O/c1-8(2)6-10(13)9-7-11(16)15-5-3-4-14-12(9)15/h8,10,14H,3-7,13H2,1-2H3. The molecule has 16 heavy (non-hydrogen) atoms. The zero-order chi connectivity index (χ0) is 11.7. The first kappa shape index (κ1) is 11.5. The van der Waals surface area contributed by atoms with Gasteiger partial charge in [0.15, 0.2) is 0 Å². The third kappa shape index (κ3) is 2.07. The molecule has 4 heteroatoms. The van der Waals surface area contributed by atoms with Crippen LogP contribution in [-0.2, 0) is 4.79 Å². The van der Waals surface area contributed by atoms with Crippen LogP contribution in [-0.4, -0.2) is 29.9 Å². The number of rotatable bonds is 3. The minimum atomic E-state index is 0.0227. The quantitative estimate of drug-likeness (QED) is 0.744. The van der Waals surface area contributed by atoms with Gasteiger partial charge in [0.25, 0.3) is 0 Å². The Morgan fingerprint density at radius 3 is 2.94 bits per heavy atom. The highest BCUT2D eigenvalue weighted by molar-refractivity contribution is 5.84. The molecule has 1 unspecified atom stereocenters. The molecule has 0 radical (unpaired) electrons. The Morgan fingerprint density at radius 1 is 1.50 bits per heavy atom. The van der Waals surface area contributed by atoms with Gasteiger partial charge in [-0.25, -0.2) is 0 Å². The molecule has 2 heterocycles. The van der Waals surface area contributed by atoms with E-state index in [-0.39, 0.29) is 11.9 Å². The molecule has 0 aromatic rings. The lowest BCUT2D eigenvalue weighted by atomic mass is 9.96. The predicted octanol–water partition coefficient (Wildman–Crippen LogP) is 0.797. The van der Waals surface area contributed by atoms with Crippen molar-refractivity contribution >= 4 is 5.91 Å². The van der Waals surface area contributed by atoms with Crippen molar-refractivity contribution in [2.24, 2.45) is 11.7 Å². The minimum Gasteiger partial charge on any atom is -0.371 e. The van der Waals surface area contributed by atoms with E-state index >= 15 is 0 Å². The number of hydrogen-bond acceptors (Lipinski definition) is 3. The van der Waals surface area contributed by atoms with Gasteiger partial charge in [-0.15, -0.1) is 0 Å². The number of carbonyl (C=O) groups is 1. The van der Waals surface area contributed by atoms with Crippen LogP contribution >= 0.6 is 0 Å². The molecule has 1 amide bonds. The molecule has 1 saturated heterocycles. The Hall–Kier alpha value is -1.03. The Bertz CT molecular complexity index is 322. The molecule has 2 aliphatic heterocycles. The lowest BCUT2D eigenvalue weighted by Gasteiger charge is -2.28. The third-order valence-corrected chi connectivity index (χ3v) is 3.24. The second-order valence-corrected chi connectivity index (χ2v) is 5.11. The van der Waals surface area contributed by atoms with Gasteiger partial charge in [0.1, 0.15) is 5.82 Å². The fourth-order valence-corrected chi connectivity index (χ4v) is 2.49. The largest absolute Gasteiger partial charge is 0.371 e. The number of carbonyl (C=O) groups excluding carboxylic acids is 1. The first-order valence-corrected chi connectivity index (χ1v) is 6.12. The average molecular weight is 223 g/mol. The molecule has 3 N–H and O–H groups in total. The number of fused-ring (bicyclic) bond motifs is 1. The van der Waals surface area contributed by atoms with Gasteiger partial charge in [-0.1, -0.05) is 13.8 Å². The van der Waals surface area contributed by atoms with Crippen LogP contribution in [0.1, 0.15) is 33.1 Å². The summed E-state index contributed by atoms with van der Waals surface area (Å²) in [6.45, 7) is 6.12. The number of nitrogens with one attached hydrogen (secondary N) is 1. The topological polar surface area (TPSA) is 58.4 Å². The molecular formula is C12H21N3O. The smallest absolute Gasteiger partial charge is 0.232 e. The molecule has 0 saturated carbocycles. The molecule has 1 atom stereocenters. The highest BCUT2D eigenvalue weighted by Crippen LogP contribution is 2.28. The fourth-order valence-electron chi connectivity index (χ4n) is 2.49. The van der Waals surface area contributed by atoms with Gasteiger partial charge in [0.05, 0.1) is 6.42 Å². The lowest BCUT2D eigenvalue weighted by molar-refractivity contribution is -0.127. The number of nitrogens with zero attached hydrogens (tertiary/aromatic N) is 1. The normalized spacial score (nSPS) is 22.5. The number of amides is 1. The van der Waals surface area contributed by atoms with Crippen molar-refractivity contribution in [1.82, 2.24) is 10.2 Å². The molecule has 0 spiro atoms. The van der Waals surface area contributed by atoms with E-state index in [4.69, 9.17) is 5.73 Å². The van der Waals surface area contributed by atoms with E-state index in [0.717, 1.165) is 37.3 Å². The van der Waals surface area contributed by atoms with Gasteiger partial charge in [0.2, 0.25) is 5.91 Å². The van der Waals surface area contributed by atoms with Gasteiger partial charge < -0.3 is 11.1 Å². The van der Waals surface area contributed by atoms with Crippen molar-refractivity contribution in [3.05, 3.63) is 11.4 Å². The maximum Gasteiger partial charge on any atom is 0.232 e. The Morgan fingerprint density at radius 2 is 2.25 bits per heavy atom. The molecular weight excluding hydrogens is 202 g/mol. The molecule has 0 aromatic heterocycles. The van der Waals surface area contributed by atoms with Crippen LogP contribution in [0, 0.1) is 5.92 Å². The van der Waals surface area contributed by atoms with Crippen molar-refractivity contribution in [2.45, 2.75) is 39.2 Å². The second kappa shape index (κ2) is 4.45. The lowest BCUT2D eigenvalue weighted by Crippen LogP contribution is -2.40. The summed E-state index contributed by atoms with van der Waals surface area (Å²) in [4.78, 5) is 13.7. The molecule has 1 fully saturated rings. The van der Waals surface area contributed by atoms with E-state index in [9.17, 15) is 4.79 Å². The summed E-state index contributed by atoms with van der Waals surface area (Å²) in [6, 6.07) is 0.0227. The maximum absolute atomic E-state index is 11.8. The van der Waals surface area contributed by atoms with Crippen LogP contribution in [0.5, 0.6) is 0 Å². The van der Waals surface area contributed by atoms with Crippen LogP contribution < -0.4 is 11.1 Å². The second-order valence-electron chi connectivity index (χ2n) is 5.11. The van der Waals surface area contributed by atoms with Crippen LogP contribution in [0.15, 0.2) is 11.4 Å². The number of nitrogens with two attached hydrogens (primary N) is 1. The SMILES string of the molecule is CC(C)CC(N)C1=C2NCCCN2C(=O)C1. The summed E-state index contributed by atoms with van der Waals surface area (Å²) in [5.74, 6) is 1.77. The van der Waals surface area contributed by atoms with E-state index in [0.29, 0.717) is 12.3 Å². The molecule has 4 nitrogen and oxygen atoms in total. The van der Waals surface area contributed by atoms with Crippen molar-refractivity contribution < 1.29 is 4.79 Å². The van der Waals surface area contributed by atoms with Crippen LogP contribution in [0.3, 0.4) is 0 Å². The Balaban J connectivity index is 2.15. The zero-order valence-electron chi connectivity index (χ0n) is 10.1. The first-order chi connectivity index (χ1) is 7.59. The van der Waals surface area contributed by atoms with Crippen molar-refractivity contribution in [3.8, 4) is 0 Å². The summed E-state index contributed by atoms with van der Waals surface area (Å²) in [5, 5.41) is 3.32. The van der Waals surface area contributed by atoms with Gasteiger partial charge in [0, 0.05) is 19.1 Å². The van der Waals surface area contributed by atoms with Gasteiger partial charge >= 0.3 is 0 Å². The van der Waals surface area contributed by atoms with E-state index in [1.165, 1.54) is 0 Å². The van der Waals surface area contributed by atoms with Gasteiger partial charge in [-0.2, -0.15) is 0 Å². The highest BCUT2D eigenvalue weighted by Gasteiger charge is 2.34. The monoisotopic (exact) mass is 223 g/mol. The summed E-state index contributed by atoms with van der Waals surface area (Å²) >= 11 is 0. The predicted molar refractivity (Wildman–Crippen MR) is 63.4 cm³/mol. The summed E-state index contributed by atoms with van der Waals surface area (Å²) in [6.07, 6.45) is 2.49. The van der Waals surface area contributed by atoms with E-state index in [1.54, 1.807) is 0 Å². The van der Waals surface area contributed by atoms with Crippen LogP contribution in [0.25, 0.3) is 0 Å². The Kier molecular flexibility index (Phi) is 3.19. The summed E-state index contributed by atoms with van der Waals surface area (Å²) in [5.41, 5.74) is 7.28. The van der Waals surface area contributed by atoms with Gasteiger partial charge in [-0.05, 0) is 24.3 Å². The molecule has 0 bridgehead atoms. The van der Waals surface area contributed by atoms with E-state index < -0.39 is 0 Å². The van der Waals surface area contributed by atoms with Gasteiger partial charge in [-0.3, -0.25) is 9.69 Å². The van der Waals surface area contributed by atoms with Crippen molar-refractivity contribution in [2.75, 3.05) is 13.1 Å². The molecule has 2 rings (SSSR count). The fraction of sp³-hybridized carbons (Fsp3) is 0.750. The highest BCUT2D eigenvalue weighted by atomic mass is 16.2. The zero-order valence-corrected chi connectivity index (χ0v) is 10.1. The molecule has 90 valence electrons. The molecule has 2 aliphatic rings. The van der Waals surface area contributed by atoms with Crippen molar-refractivity contribution in [1.29, 1.82) is 0 Å². The summed E-state index contributed by atoms with van der Waals surface area (Å²) in [7, 11) is 0. The van der Waals surface area contributed by atoms with Crippen LogP contribution in [0.4, 0.5) is 0 Å². The van der Waals surface area contributed by atoms with Crippen LogP contribution in [0.2, 0.25) is 0 Å². The minimum absolute atomic E-state index is 0.0227. The Labute approximate surface area is 96.9 Å². The summed E-state index contributed by atoms with van der Waals surface area (Å²) < 4.78 is 0. The molecule has 0 aromatic carbocycles. The maximum atomic E-state index is 11.8. The number of hydrogen-bond donors (Lipinski definition) is 2. The molecule has 0 aliphatic carbocycles. The van der Waals surface area contributed by atoms with E-state index in [1.807, 2.05) is 4.90 Å². The first-order valence-electron chi connectivity index (χ1n) is 6.12. The van der Waals surface area contributed by atoms with E-state index in [2.05, 4.69) is 19.2 Å². The third-order valence-electron chi connectivity index (χ3n) is 3.24.